The summed E-state index contributed by atoms with van der Waals surface area (Å²) in [6, 6.07) is 2.25. The Labute approximate surface area is 118 Å². The smallest absolute Gasteiger partial charge is 0.231 e. The topological polar surface area (TPSA) is 76.7 Å². The van der Waals surface area contributed by atoms with Gasteiger partial charge in [0.25, 0.3) is 0 Å². The van der Waals surface area contributed by atoms with Crippen LogP contribution in [0.4, 0.5) is 0 Å². The van der Waals surface area contributed by atoms with E-state index in [1.807, 2.05) is 6.92 Å². The average molecular weight is 273 g/mol. The largest absolute Gasteiger partial charge is 0.339 e. The minimum absolute atomic E-state index is 0.319. The predicted octanol–water partition coefficient (Wildman–Crippen LogP) is 2.08. The minimum Gasteiger partial charge on any atom is -0.339 e. The first-order chi connectivity index (χ1) is 9.78. The molecule has 2 atom stereocenters. The van der Waals surface area contributed by atoms with Crippen molar-refractivity contribution in [3.63, 3.8) is 0 Å². The SMILES string of the molecule is CCNC1CCCC1c1nc(-c2ccnc(C)n2)no1. The van der Waals surface area contributed by atoms with Gasteiger partial charge in [0.2, 0.25) is 11.7 Å². The van der Waals surface area contributed by atoms with Crippen LogP contribution in [-0.2, 0) is 0 Å². The van der Waals surface area contributed by atoms with Crippen LogP contribution in [0.25, 0.3) is 11.5 Å². The molecule has 0 bridgehead atoms. The number of aryl methyl sites for hydroxylation is 1. The van der Waals surface area contributed by atoms with Crippen LogP contribution in [0.2, 0.25) is 0 Å². The van der Waals surface area contributed by atoms with Gasteiger partial charge in [-0.15, -0.1) is 0 Å². The summed E-state index contributed by atoms with van der Waals surface area (Å²) in [6.07, 6.45) is 5.18. The molecule has 2 aromatic rings. The van der Waals surface area contributed by atoms with Crippen LogP contribution >= 0.6 is 0 Å². The molecule has 20 heavy (non-hydrogen) atoms. The highest BCUT2D eigenvalue weighted by molar-refractivity contribution is 5.47. The lowest BCUT2D eigenvalue weighted by atomic mass is 10.0. The molecule has 2 aromatic heterocycles. The van der Waals surface area contributed by atoms with E-state index in [1.165, 1.54) is 12.8 Å². The van der Waals surface area contributed by atoms with Crippen LogP contribution in [0.1, 0.15) is 43.8 Å². The fraction of sp³-hybridized carbons (Fsp3) is 0.571. The third-order valence-electron chi connectivity index (χ3n) is 3.75. The number of rotatable bonds is 4. The van der Waals surface area contributed by atoms with Crippen molar-refractivity contribution >= 4 is 0 Å². The fourth-order valence-electron chi connectivity index (χ4n) is 2.83. The van der Waals surface area contributed by atoms with Gasteiger partial charge in [-0.2, -0.15) is 4.98 Å². The zero-order valence-corrected chi connectivity index (χ0v) is 11.8. The highest BCUT2D eigenvalue weighted by atomic mass is 16.5. The molecule has 0 radical (unpaired) electrons. The zero-order valence-electron chi connectivity index (χ0n) is 11.8. The van der Waals surface area contributed by atoms with Crippen LogP contribution in [0.5, 0.6) is 0 Å². The van der Waals surface area contributed by atoms with Gasteiger partial charge in [0.15, 0.2) is 0 Å². The van der Waals surface area contributed by atoms with E-state index in [2.05, 4.69) is 32.3 Å². The molecule has 0 amide bonds. The summed E-state index contributed by atoms with van der Waals surface area (Å²) in [5, 5.41) is 7.56. The Bertz CT molecular complexity index is 582. The molecular formula is C14H19N5O. The molecule has 1 aliphatic rings. The standard InChI is InChI=1S/C14H19N5O/c1-3-15-11-6-4-5-10(11)14-18-13(19-20-14)12-7-8-16-9(2)17-12/h7-8,10-11,15H,3-6H2,1-2H3. The van der Waals surface area contributed by atoms with E-state index in [0.29, 0.717) is 29.3 Å². The Kier molecular flexibility index (Phi) is 3.73. The number of aromatic nitrogens is 4. The molecule has 2 heterocycles. The monoisotopic (exact) mass is 273 g/mol. The molecule has 0 aliphatic heterocycles. The third-order valence-corrected chi connectivity index (χ3v) is 3.75. The van der Waals surface area contributed by atoms with E-state index in [4.69, 9.17) is 4.52 Å². The van der Waals surface area contributed by atoms with Crippen LogP contribution in [-0.4, -0.2) is 32.7 Å². The summed E-state index contributed by atoms with van der Waals surface area (Å²) < 4.78 is 5.46. The zero-order chi connectivity index (χ0) is 13.9. The van der Waals surface area contributed by atoms with Crippen molar-refractivity contribution in [3.8, 4) is 11.5 Å². The molecule has 0 aromatic carbocycles. The Balaban J connectivity index is 1.83. The van der Waals surface area contributed by atoms with Crippen molar-refractivity contribution in [1.29, 1.82) is 0 Å². The quantitative estimate of drug-likeness (QED) is 0.919. The van der Waals surface area contributed by atoms with Crippen molar-refractivity contribution in [2.24, 2.45) is 0 Å². The van der Waals surface area contributed by atoms with Crippen LogP contribution in [0.3, 0.4) is 0 Å². The van der Waals surface area contributed by atoms with Crippen LogP contribution in [0, 0.1) is 6.92 Å². The van der Waals surface area contributed by atoms with Gasteiger partial charge in [-0.05, 0) is 32.4 Å². The van der Waals surface area contributed by atoms with E-state index >= 15 is 0 Å². The van der Waals surface area contributed by atoms with E-state index in [1.54, 1.807) is 12.3 Å². The molecule has 1 saturated carbocycles. The highest BCUT2D eigenvalue weighted by Gasteiger charge is 2.32. The lowest BCUT2D eigenvalue weighted by molar-refractivity contribution is 0.332. The number of nitrogens with one attached hydrogen (secondary N) is 1. The summed E-state index contributed by atoms with van der Waals surface area (Å²) in [7, 11) is 0. The summed E-state index contributed by atoms with van der Waals surface area (Å²) in [4.78, 5) is 12.9. The Morgan fingerprint density at radius 3 is 3.05 bits per heavy atom. The first-order valence-electron chi connectivity index (χ1n) is 7.15. The van der Waals surface area contributed by atoms with E-state index in [0.717, 1.165) is 18.9 Å². The minimum atomic E-state index is 0.319. The van der Waals surface area contributed by atoms with Crippen molar-refractivity contribution in [2.45, 2.75) is 45.1 Å². The number of nitrogens with zero attached hydrogens (tertiary/aromatic N) is 4. The second-order valence-corrected chi connectivity index (χ2v) is 5.15. The van der Waals surface area contributed by atoms with Crippen molar-refractivity contribution < 1.29 is 4.52 Å². The molecule has 0 spiro atoms. The molecule has 2 unspecified atom stereocenters. The molecule has 1 aliphatic carbocycles. The molecule has 106 valence electrons. The molecule has 3 rings (SSSR count). The number of hydrogen-bond acceptors (Lipinski definition) is 6. The summed E-state index contributed by atoms with van der Waals surface area (Å²) >= 11 is 0. The van der Waals surface area contributed by atoms with Gasteiger partial charge < -0.3 is 9.84 Å². The molecule has 6 nitrogen and oxygen atoms in total. The Morgan fingerprint density at radius 2 is 2.25 bits per heavy atom. The molecule has 0 saturated heterocycles. The van der Waals surface area contributed by atoms with Gasteiger partial charge in [-0.25, -0.2) is 9.97 Å². The predicted molar refractivity (Wildman–Crippen MR) is 74.1 cm³/mol. The summed E-state index contributed by atoms with van der Waals surface area (Å²) in [5.74, 6) is 2.30. The highest BCUT2D eigenvalue weighted by Crippen LogP contribution is 2.34. The Morgan fingerprint density at radius 1 is 1.35 bits per heavy atom. The second kappa shape index (κ2) is 5.66. The van der Waals surface area contributed by atoms with Gasteiger partial charge in [0, 0.05) is 12.2 Å². The Hall–Kier alpha value is -1.82. The third kappa shape index (κ3) is 2.56. The normalized spacial score (nSPS) is 22.3. The lowest BCUT2D eigenvalue weighted by Crippen LogP contribution is -2.31. The fourth-order valence-corrected chi connectivity index (χ4v) is 2.83. The molecule has 1 N–H and O–H groups in total. The second-order valence-electron chi connectivity index (χ2n) is 5.15. The van der Waals surface area contributed by atoms with Crippen molar-refractivity contribution in [3.05, 3.63) is 24.0 Å². The molecule has 1 fully saturated rings. The van der Waals surface area contributed by atoms with Crippen molar-refractivity contribution in [1.82, 2.24) is 25.4 Å². The van der Waals surface area contributed by atoms with Crippen LogP contribution < -0.4 is 5.32 Å². The molecule has 6 heteroatoms. The maximum absolute atomic E-state index is 5.46. The first kappa shape index (κ1) is 13.2. The summed E-state index contributed by atoms with van der Waals surface area (Å²) in [5.41, 5.74) is 0.713. The van der Waals surface area contributed by atoms with Crippen LogP contribution in [0.15, 0.2) is 16.8 Å². The first-order valence-corrected chi connectivity index (χ1v) is 7.15. The van der Waals surface area contributed by atoms with E-state index in [9.17, 15) is 0 Å². The number of likely N-dealkylation sites (N-methyl/N-ethyl adjacent to an activating group) is 1. The number of hydrogen-bond donors (Lipinski definition) is 1. The van der Waals surface area contributed by atoms with E-state index in [-0.39, 0.29) is 0 Å². The maximum Gasteiger partial charge on any atom is 0.231 e. The average Bonchev–Trinajstić information content (AvgIpc) is 3.07. The maximum atomic E-state index is 5.46. The van der Waals surface area contributed by atoms with Gasteiger partial charge in [0.05, 0.1) is 5.92 Å². The van der Waals surface area contributed by atoms with Gasteiger partial charge >= 0.3 is 0 Å². The van der Waals surface area contributed by atoms with Crippen molar-refractivity contribution in [2.75, 3.05) is 6.54 Å². The van der Waals surface area contributed by atoms with Gasteiger partial charge in [-0.3, -0.25) is 0 Å². The molecular weight excluding hydrogens is 254 g/mol. The van der Waals surface area contributed by atoms with Gasteiger partial charge in [-0.1, -0.05) is 18.5 Å². The lowest BCUT2D eigenvalue weighted by Gasteiger charge is -2.16. The summed E-state index contributed by atoms with van der Waals surface area (Å²) in [6.45, 7) is 4.94. The van der Waals surface area contributed by atoms with Gasteiger partial charge in [0.1, 0.15) is 11.5 Å². The van der Waals surface area contributed by atoms with E-state index < -0.39 is 0 Å².